The Morgan fingerprint density at radius 3 is 2.19 bits per heavy atom. The number of hydrogen-bond acceptors (Lipinski definition) is 3. The summed E-state index contributed by atoms with van der Waals surface area (Å²) in [4.78, 5) is 13.2. The summed E-state index contributed by atoms with van der Waals surface area (Å²) in [5.41, 5.74) is 0.993. The number of para-hydroxylation sites is 3. The van der Waals surface area contributed by atoms with Crippen LogP contribution in [-0.4, -0.2) is 16.4 Å². The van der Waals surface area contributed by atoms with Crippen molar-refractivity contribution in [2.24, 2.45) is 0 Å². The van der Waals surface area contributed by atoms with Crippen molar-refractivity contribution in [1.82, 2.24) is 0 Å². The minimum absolute atomic E-state index is 0.284. The smallest absolute Gasteiger partial charge is 0.255 e. The second-order valence-corrected chi connectivity index (χ2v) is 7.25. The second-order valence-electron chi connectivity index (χ2n) is 5.46. The maximum Gasteiger partial charge on any atom is 0.255 e. The molecule has 1 unspecified atom stereocenters. The van der Waals surface area contributed by atoms with E-state index in [1.54, 1.807) is 60.9 Å². The third kappa shape index (κ3) is 4.31. The lowest BCUT2D eigenvalue weighted by molar-refractivity contribution is 0.102. The second kappa shape index (κ2) is 8.17. The van der Waals surface area contributed by atoms with Crippen molar-refractivity contribution in [2.75, 3.05) is 11.6 Å². The maximum atomic E-state index is 12.5. The highest BCUT2D eigenvalue weighted by Crippen LogP contribution is 2.33. The van der Waals surface area contributed by atoms with Crippen molar-refractivity contribution >= 4 is 34.0 Å². The fraction of sp³-hybridized carbons (Fsp3) is 0.0500. The van der Waals surface area contributed by atoms with E-state index in [0.717, 1.165) is 0 Å². The van der Waals surface area contributed by atoms with Gasteiger partial charge < -0.3 is 10.1 Å². The summed E-state index contributed by atoms with van der Waals surface area (Å²) < 4.78 is 17.3. The molecule has 1 N–H and O–H groups in total. The van der Waals surface area contributed by atoms with E-state index < -0.39 is 10.8 Å². The van der Waals surface area contributed by atoms with Crippen LogP contribution in [0, 0.1) is 0 Å². The first kappa shape index (κ1) is 18.2. The Kier molecular flexibility index (Phi) is 5.71. The molecule has 3 aromatic rings. The Labute approximate surface area is 159 Å². The Balaban J connectivity index is 1.80. The molecule has 6 heteroatoms. The third-order valence-electron chi connectivity index (χ3n) is 3.64. The Bertz CT molecular complexity index is 957. The first-order chi connectivity index (χ1) is 12.5. The standard InChI is InChI=1S/C20H16ClNO3S/c1-26(24)15-12-10-14(11-13-15)20(23)22-17-7-3-5-9-19(17)25-18-8-4-2-6-16(18)21/h2-13H,1H3,(H,22,23). The van der Waals surface area contributed by atoms with Crippen molar-refractivity contribution in [3.05, 3.63) is 83.4 Å². The van der Waals surface area contributed by atoms with Gasteiger partial charge >= 0.3 is 0 Å². The van der Waals surface area contributed by atoms with Gasteiger partial charge in [-0.05, 0) is 48.5 Å². The maximum absolute atomic E-state index is 12.5. The average Bonchev–Trinajstić information content (AvgIpc) is 2.65. The third-order valence-corrected chi connectivity index (χ3v) is 4.89. The van der Waals surface area contributed by atoms with Crippen LogP contribution in [0.1, 0.15) is 10.4 Å². The van der Waals surface area contributed by atoms with Gasteiger partial charge in [-0.2, -0.15) is 0 Å². The van der Waals surface area contributed by atoms with E-state index in [1.807, 2.05) is 18.2 Å². The number of carbonyl (C=O) groups is 1. The number of rotatable bonds is 5. The SMILES string of the molecule is CS(=O)c1ccc(C(=O)Nc2ccccc2Oc2ccccc2Cl)cc1. The molecule has 0 aromatic heterocycles. The largest absolute Gasteiger partial charge is 0.454 e. The zero-order chi connectivity index (χ0) is 18.5. The summed E-state index contributed by atoms with van der Waals surface area (Å²) in [5.74, 6) is 0.708. The molecule has 0 heterocycles. The molecule has 0 bridgehead atoms. The van der Waals surface area contributed by atoms with Crippen LogP contribution >= 0.6 is 11.6 Å². The summed E-state index contributed by atoms with van der Waals surface area (Å²) in [6.07, 6.45) is 1.59. The summed E-state index contributed by atoms with van der Waals surface area (Å²) in [7, 11) is -1.08. The molecule has 4 nitrogen and oxygen atoms in total. The van der Waals surface area contributed by atoms with Gasteiger partial charge in [-0.15, -0.1) is 0 Å². The van der Waals surface area contributed by atoms with E-state index in [-0.39, 0.29) is 5.91 Å². The number of benzene rings is 3. The molecule has 1 amide bonds. The molecule has 1 atom stereocenters. The number of halogens is 1. The molecule has 132 valence electrons. The van der Waals surface area contributed by atoms with Crippen LogP contribution in [0.15, 0.2) is 77.7 Å². The number of amides is 1. The van der Waals surface area contributed by atoms with Crippen LogP contribution in [0.2, 0.25) is 5.02 Å². The number of nitrogens with one attached hydrogen (secondary N) is 1. The predicted molar refractivity (Wildman–Crippen MR) is 105 cm³/mol. The zero-order valence-electron chi connectivity index (χ0n) is 13.9. The highest BCUT2D eigenvalue weighted by Gasteiger charge is 2.12. The normalized spacial score (nSPS) is 11.6. The molecule has 0 aliphatic rings. The minimum atomic E-state index is -1.08. The molecule has 3 aromatic carbocycles. The molecule has 0 fully saturated rings. The monoisotopic (exact) mass is 385 g/mol. The molecule has 0 aliphatic carbocycles. The summed E-state index contributed by atoms with van der Waals surface area (Å²) in [5, 5.41) is 3.32. The molecule has 0 saturated carbocycles. The Morgan fingerprint density at radius 2 is 1.54 bits per heavy atom. The van der Waals surface area contributed by atoms with Crippen LogP contribution < -0.4 is 10.1 Å². The van der Waals surface area contributed by atoms with Crippen molar-refractivity contribution in [3.63, 3.8) is 0 Å². The molecule has 0 aliphatic heterocycles. The van der Waals surface area contributed by atoms with E-state index in [4.69, 9.17) is 16.3 Å². The first-order valence-corrected chi connectivity index (χ1v) is 9.74. The van der Waals surface area contributed by atoms with Crippen molar-refractivity contribution < 1.29 is 13.7 Å². The fourth-order valence-electron chi connectivity index (χ4n) is 2.30. The molecule has 26 heavy (non-hydrogen) atoms. The predicted octanol–water partition coefficient (Wildman–Crippen LogP) is 5.12. The molecular weight excluding hydrogens is 370 g/mol. The van der Waals surface area contributed by atoms with Gasteiger partial charge in [0.05, 0.1) is 10.7 Å². The highest BCUT2D eigenvalue weighted by atomic mass is 35.5. The van der Waals surface area contributed by atoms with Gasteiger partial charge in [0, 0.05) is 27.5 Å². The van der Waals surface area contributed by atoms with E-state index >= 15 is 0 Å². The minimum Gasteiger partial charge on any atom is -0.454 e. The van der Waals surface area contributed by atoms with Gasteiger partial charge in [0.1, 0.15) is 5.75 Å². The van der Waals surface area contributed by atoms with Crippen LogP contribution in [-0.2, 0) is 10.8 Å². The number of anilines is 1. The fourth-order valence-corrected chi connectivity index (χ4v) is 2.99. The van der Waals surface area contributed by atoms with Gasteiger partial charge in [0.2, 0.25) is 0 Å². The quantitative estimate of drug-likeness (QED) is 0.663. The lowest BCUT2D eigenvalue weighted by atomic mass is 10.2. The van der Waals surface area contributed by atoms with E-state index in [2.05, 4.69) is 5.32 Å². The van der Waals surface area contributed by atoms with Crippen molar-refractivity contribution in [1.29, 1.82) is 0 Å². The van der Waals surface area contributed by atoms with Crippen molar-refractivity contribution in [3.8, 4) is 11.5 Å². The number of hydrogen-bond donors (Lipinski definition) is 1. The van der Waals surface area contributed by atoms with Gasteiger partial charge in [0.25, 0.3) is 5.91 Å². The number of carbonyl (C=O) groups excluding carboxylic acids is 1. The summed E-state index contributed by atoms with van der Waals surface area (Å²) in [6, 6.07) is 20.9. The molecule has 0 spiro atoms. The van der Waals surface area contributed by atoms with Crippen molar-refractivity contribution in [2.45, 2.75) is 4.90 Å². The number of ether oxygens (including phenoxy) is 1. The van der Waals surface area contributed by atoms with Crippen LogP contribution in [0.4, 0.5) is 5.69 Å². The van der Waals surface area contributed by atoms with Gasteiger partial charge in [-0.25, -0.2) is 0 Å². The highest BCUT2D eigenvalue weighted by molar-refractivity contribution is 7.84. The summed E-state index contributed by atoms with van der Waals surface area (Å²) in [6.45, 7) is 0. The van der Waals surface area contributed by atoms with Gasteiger partial charge in [0.15, 0.2) is 5.75 Å². The van der Waals surface area contributed by atoms with E-state index in [9.17, 15) is 9.00 Å². The molecular formula is C20H16ClNO3S. The van der Waals surface area contributed by atoms with Crippen LogP contribution in [0.5, 0.6) is 11.5 Å². The Hall–Kier alpha value is -2.63. The van der Waals surface area contributed by atoms with Gasteiger partial charge in [-0.1, -0.05) is 35.9 Å². The van der Waals surface area contributed by atoms with E-state index in [0.29, 0.717) is 32.7 Å². The Morgan fingerprint density at radius 1 is 0.923 bits per heavy atom. The van der Waals surface area contributed by atoms with Crippen LogP contribution in [0.25, 0.3) is 0 Å². The first-order valence-electron chi connectivity index (χ1n) is 7.81. The molecule has 0 saturated heterocycles. The zero-order valence-corrected chi connectivity index (χ0v) is 15.5. The average molecular weight is 386 g/mol. The molecule has 0 radical (unpaired) electrons. The molecule has 3 rings (SSSR count). The van der Waals surface area contributed by atoms with Gasteiger partial charge in [-0.3, -0.25) is 9.00 Å². The van der Waals surface area contributed by atoms with Crippen LogP contribution in [0.3, 0.4) is 0 Å². The topological polar surface area (TPSA) is 55.4 Å². The van der Waals surface area contributed by atoms with E-state index in [1.165, 1.54) is 0 Å². The lowest BCUT2D eigenvalue weighted by Gasteiger charge is -2.13. The lowest BCUT2D eigenvalue weighted by Crippen LogP contribution is -2.12. The summed E-state index contributed by atoms with van der Waals surface area (Å²) >= 11 is 6.13.